The van der Waals surface area contributed by atoms with Gasteiger partial charge in [-0.25, -0.2) is 9.97 Å². The Morgan fingerprint density at radius 2 is 2.00 bits per heavy atom. The average molecular weight is 251 g/mol. The highest BCUT2D eigenvalue weighted by atomic mass is 35.5. The van der Waals surface area contributed by atoms with Gasteiger partial charge in [-0.3, -0.25) is 4.57 Å². The van der Waals surface area contributed by atoms with E-state index in [0.717, 1.165) is 4.57 Å². The van der Waals surface area contributed by atoms with Crippen molar-refractivity contribution in [2.45, 2.75) is 12.7 Å². The minimum Gasteiger partial charge on any atom is -0.369 e. The summed E-state index contributed by atoms with van der Waals surface area (Å²) in [6.45, 7) is -1.23. The molecule has 8 heteroatoms. The fourth-order valence-electron chi connectivity index (χ4n) is 1.33. The van der Waals surface area contributed by atoms with Gasteiger partial charge in [0.05, 0.1) is 0 Å². The second-order valence-electron chi connectivity index (χ2n) is 3.15. The smallest absolute Gasteiger partial charge is 0.369 e. The summed E-state index contributed by atoms with van der Waals surface area (Å²) < 4.78 is 37.6. The monoisotopic (exact) mass is 250 g/mol. The van der Waals surface area contributed by atoms with E-state index in [9.17, 15) is 13.2 Å². The third-order valence-electron chi connectivity index (χ3n) is 1.93. The van der Waals surface area contributed by atoms with Crippen molar-refractivity contribution in [2.75, 3.05) is 5.73 Å². The SMILES string of the molecule is Nc1nc2ccc(Cl)nc2n1CC(F)(F)F. The Morgan fingerprint density at radius 3 is 2.62 bits per heavy atom. The zero-order valence-corrected chi connectivity index (χ0v) is 8.55. The lowest BCUT2D eigenvalue weighted by Gasteiger charge is -2.08. The molecule has 0 aliphatic heterocycles. The van der Waals surface area contributed by atoms with Crippen LogP contribution in [-0.4, -0.2) is 20.7 Å². The lowest BCUT2D eigenvalue weighted by molar-refractivity contribution is -0.139. The highest BCUT2D eigenvalue weighted by Crippen LogP contribution is 2.24. The fourth-order valence-corrected chi connectivity index (χ4v) is 1.47. The molecule has 0 amide bonds. The second kappa shape index (κ2) is 3.51. The number of hydrogen-bond donors (Lipinski definition) is 1. The predicted molar refractivity (Wildman–Crippen MR) is 53.0 cm³/mol. The predicted octanol–water partition coefficient (Wildman–Crippen LogP) is 2.23. The molecule has 0 saturated carbocycles. The van der Waals surface area contributed by atoms with Crippen LogP contribution in [0.4, 0.5) is 19.1 Å². The van der Waals surface area contributed by atoms with Crippen LogP contribution in [0.5, 0.6) is 0 Å². The van der Waals surface area contributed by atoms with Gasteiger partial charge in [-0.05, 0) is 12.1 Å². The molecule has 0 unspecified atom stereocenters. The number of imidazole rings is 1. The standard InChI is InChI=1S/C8H6ClF3N4/c9-5-2-1-4-6(15-5)16(7(13)14-4)3-8(10,11)12/h1-2H,3H2,(H2,13,14). The maximum absolute atomic E-state index is 12.3. The number of fused-ring (bicyclic) bond motifs is 1. The summed E-state index contributed by atoms with van der Waals surface area (Å²) in [4.78, 5) is 7.52. The van der Waals surface area contributed by atoms with Crippen LogP contribution in [0.15, 0.2) is 12.1 Å². The summed E-state index contributed by atoms with van der Waals surface area (Å²) in [7, 11) is 0. The van der Waals surface area contributed by atoms with Gasteiger partial charge < -0.3 is 5.73 Å². The molecule has 4 nitrogen and oxygen atoms in total. The van der Waals surface area contributed by atoms with Crippen molar-refractivity contribution in [2.24, 2.45) is 0 Å². The van der Waals surface area contributed by atoms with Crippen LogP contribution in [0.2, 0.25) is 5.15 Å². The molecule has 2 aromatic heterocycles. The number of hydrogen-bond acceptors (Lipinski definition) is 3. The van der Waals surface area contributed by atoms with Crippen LogP contribution >= 0.6 is 11.6 Å². The van der Waals surface area contributed by atoms with Crippen LogP contribution in [0, 0.1) is 0 Å². The molecular formula is C8H6ClF3N4. The molecule has 0 fully saturated rings. The number of nitrogen functional groups attached to an aromatic ring is 1. The minimum absolute atomic E-state index is 0.0299. The van der Waals surface area contributed by atoms with E-state index in [1.807, 2.05) is 0 Å². The number of aromatic nitrogens is 3. The summed E-state index contributed by atoms with van der Waals surface area (Å²) >= 11 is 5.60. The molecule has 0 saturated heterocycles. The Labute approximate surface area is 92.8 Å². The van der Waals surface area contributed by atoms with Gasteiger partial charge >= 0.3 is 6.18 Å². The molecule has 2 heterocycles. The number of anilines is 1. The third kappa shape index (κ3) is 2.04. The van der Waals surface area contributed by atoms with Gasteiger partial charge in [0.2, 0.25) is 5.95 Å². The van der Waals surface area contributed by atoms with E-state index in [4.69, 9.17) is 17.3 Å². The first kappa shape index (κ1) is 11.0. The summed E-state index contributed by atoms with van der Waals surface area (Å²) in [5.41, 5.74) is 5.69. The van der Waals surface area contributed by atoms with Gasteiger partial charge in [0, 0.05) is 0 Å². The Balaban J connectivity index is 2.58. The maximum atomic E-state index is 12.3. The van der Waals surface area contributed by atoms with Crippen molar-refractivity contribution in [1.29, 1.82) is 0 Å². The Kier molecular flexibility index (Phi) is 2.42. The van der Waals surface area contributed by atoms with Gasteiger partial charge in [-0.1, -0.05) is 11.6 Å². The molecule has 0 aliphatic rings. The molecule has 2 aromatic rings. The third-order valence-corrected chi connectivity index (χ3v) is 2.14. The molecular weight excluding hydrogens is 245 g/mol. The molecule has 0 aromatic carbocycles. The van der Waals surface area contributed by atoms with Crippen LogP contribution in [0.1, 0.15) is 0 Å². The first-order chi connectivity index (χ1) is 7.37. The largest absolute Gasteiger partial charge is 0.406 e. The Hall–Kier alpha value is -1.50. The molecule has 2 rings (SSSR count). The fraction of sp³-hybridized carbons (Fsp3) is 0.250. The van der Waals surface area contributed by atoms with Crippen molar-refractivity contribution in [3.8, 4) is 0 Å². The van der Waals surface area contributed by atoms with E-state index >= 15 is 0 Å². The van der Waals surface area contributed by atoms with Gasteiger partial charge in [0.15, 0.2) is 5.65 Å². The van der Waals surface area contributed by atoms with E-state index in [1.54, 1.807) is 0 Å². The first-order valence-corrected chi connectivity index (χ1v) is 4.59. The van der Waals surface area contributed by atoms with E-state index in [1.165, 1.54) is 12.1 Å². The summed E-state index contributed by atoms with van der Waals surface area (Å²) in [6.07, 6.45) is -4.38. The van der Waals surface area contributed by atoms with Crippen LogP contribution in [-0.2, 0) is 6.54 Å². The molecule has 16 heavy (non-hydrogen) atoms. The number of pyridine rings is 1. The zero-order chi connectivity index (χ0) is 11.9. The van der Waals surface area contributed by atoms with Gasteiger partial charge in [0.25, 0.3) is 0 Å². The maximum Gasteiger partial charge on any atom is 0.406 e. The molecule has 0 spiro atoms. The summed E-state index contributed by atoms with van der Waals surface area (Å²) in [5.74, 6) is -0.234. The highest BCUT2D eigenvalue weighted by Gasteiger charge is 2.30. The van der Waals surface area contributed by atoms with Gasteiger partial charge in [-0.2, -0.15) is 13.2 Å². The van der Waals surface area contributed by atoms with Crippen molar-refractivity contribution < 1.29 is 13.2 Å². The van der Waals surface area contributed by atoms with Crippen LogP contribution < -0.4 is 5.73 Å². The van der Waals surface area contributed by atoms with Gasteiger partial charge in [-0.15, -0.1) is 0 Å². The van der Waals surface area contributed by atoms with Crippen LogP contribution in [0.25, 0.3) is 11.2 Å². The molecule has 86 valence electrons. The zero-order valence-electron chi connectivity index (χ0n) is 7.79. The molecule has 0 bridgehead atoms. The second-order valence-corrected chi connectivity index (χ2v) is 3.54. The average Bonchev–Trinajstić information content (AvgIpc) is 2.42. The van der Waals surface area contributed by atoms with Gasteiger partial charge in [0.1, 0.15) is 17.2 Å². The number of nitrogens with two attached hydrogens (primary N) is 1. The quantitative estimate of drug-likeness (QED) is 0.790. The number of alkyl halides is 3. The normalized spacial score (nSPS) is 12.2. The van der Waals surface area contributed by atoms with E-state index < -0.39 is 12.7 Å². The molecule has 2 N–H and O–H groups in total. The summed E-state index contributed by atoms with van der Waals surface area (Å²) in [5, 5.41) is 0.0934. The molecule has 0 atom stereocenters. The highest BCUT2D eigenvalue weighted by molar-refractivity contribution is 6.29. The van der Waals surface area contributed by atoms with Crippen molar-refractivity contribution >= 4 is 28.7 Å². The van der Waals surface area contributed by atoms with Crippen molar-refractivity contribution in [3.63, 3.8) is 0 Å². The van der Waals surface area contributed by atoms with E-state index in [-0.39, 0.29) is 22.3 Å². The van der Waals surface area contributed by atoms with E-state index in [0.29, 0.717) is 0 Å². The number of nitrogens with zero attached hydrogens (tertiary/aromatic N) is 3. The Bertz CT molecular complexity index is 534. The topological polar surface area (TPSA) is 56.7 Å². The lowest BCUT2D eigenvalue weighted by Crippen LogP contribution is -2.19. The first-order valence-electron chi connectivity index (χ1n) is 4.22. The minimum atomic E-state index is -4.38. The van der Waals surface area contributed by atoms with Crippen LogP contribution in [0.3, 0.4) is 0 Å². The Morgan fingerprint density at radius 1 is 1.31 bits per heavy atom. The van der Waals surface area contributed by atoms with E-state index in [2.05, 4.69) is 9.97 Å². The number of halogens is 4. The summed E-state index contributed by atoms with van der Waals surface area (Å²) in [6, 6.07) is 2.90. The molecule has 0 aliphatic carbocycles. The lowest BCUT2D eigenvalue weighted by atomic mass is 10.4. The molecule has 0 radical (unpaired) electrons. The van der Waals surface area contributed by atoms with Crippen molar-refractivity contribution in [3.05, 3.63) is 17.3 Å². The van der Waals surface area contributed by atoms with Crippen molar-refractivity contribution in [1.82, 2.24) is 14.5 Å². The number of rotatable bonds is 1.